The molecule has 1 amide bonds. The third-order valence-corrected chi connectivity index (χ3v) is 3.99. The number of aromatic nitrogens is 1. The Morgan fingerprint density at radius 1 is 1.47 bits per heavy atom. The lowest BCUT2D eigenvalue weighted by Crippen LogP contribution is -2.42. The SMILES string of the molecule is Cc1cc(=O)c(C(=O)N(CCBr)C2CCCC2)c[nH]1. The Balaban J connectivity index is 2.25. The summed E-state index contributed by atoms with van der Waals surface area (Å²) in [5.74, 6) is -0.146. The largest absolute Gasteiger partial charge is 0.364 e. The quantitative estimate of drug-likeness (QED) is 0.864. The van der Waals surface area contributed by atoms with Crippen molar-refractivity contribution < 1.29 is 4.79 Å². The second-order valence-electron chi connectivity index (χ2n) is 5.02. The molecule has 1 heterocycles. The van der Waals surface area contributed by atoms with Gasteiger partial charge in [-0.3, -0.25) is 9.59 Å². The zero-order valence-corrected chi connectivity index (χ0v) is 12.7. The molecule has 0 atom stereocenters. The summed E-state index contributed by atoms with van der Waals surface area (Å²) in [5, 5.41) is 0.735. The van der Waals surface area contributed by atoms with E-state index in [0.717, 1.165) is 23.9 Å². The van der Waals surface area contributed by atoms with Gasteiger partial charge in [-0.15, -0.1) is 0 Å². The van der Waals surface area contributed by atoms with Crippen molar-refractivity contribution in [3.05, 3.63) is 33.7 Å². The number of amides is 1. The summed E-state index contributed by atoms with van der Waals surface area (Å²) in [6.45, 7) is 2.46. The van der Waals surface area contributed by atoms with Crippen LogP contribution in [-0.2, 0) is 0 Å². The zero-order chi connectivity index (χ0) is 13.8. The first-order valence-electron chi connectivity index (χ1n) is 6.69. The number of carbonyl (C=O) groups excluding carboxylic acids is 1. The number of carbonyl (C=O) groups is 1. The Morgan fingerprint density at radius 3 is 2.74 bits per heavy atom. The average molecular weight is 327 g/mol. The van der Waals surface area contributed by atoms with Crippen LogP contribution in [0.25, 0.3) is 0 Å². The number of H-pyrrole nitrogens is 1. The minimum atomic E-state index is -0.196. The Morgan fingerprint density at radius 2 is 2.16 bits per heavy atom. The average Bonchev–Trinajstić information content (AvgIpc) is 2.89. The Hall–Kier alpha value is -1.10. The first-order chi connectivity index (χ1) is 9.13. The van der Waals surface area contributed by atoms with Crippen molar-refractivity contribution in [2.24, 2.45) is 0 Å². The third kappa shape index (κ3) is 3.26. The molecule has 1 aromatic rings. The van der Waals surface area contributed by atoms with Crippen LogP contribution in [0.1, 0.15) is 41.7 Å². The molecule has 0 unspecified atom stereocenters. The summed E-state index contributed by atoms with van der Waals surface area (Å²) in [6.07, 6.45) is 5.96. The molecule has 1 aliphatic carbocycles. The fraction of sp³-hybridized carbons (Fsp3) is 0.571. The lowest BCUT2D eigenvalue weighted by atomic mass is 10.1. The van der Waals surface area contributed by atoms with Gasteiger partial charge in [0.05, 0.1) is 0 Å². The highest BCUT2D eigenvalue weighted by Crippen LogP contribution is 2.24. The number of pyridine rings is 1. The summed E-state index contributed by atoms with van der Waals surface area (Å²) in [7, 11) is 0. The minimum Gasteiger partial charge on any atom is -0.364 e. The molecule has 0 bridgehead atoms. The van der Waals surface area contributed by atoms with E-state index in [0.29, 0.717) is 6.54 Å². The zero-order valence-electron chi connectivity index (χ0n) is 11.1. The predicted octanol–water partition coefficient (Wildman–Crippen LogP) is 2.46. The lowest BCUT2D eigenvalue weighted by Gasteiger charge is -2.28. The van der Waals surface area contributed by atoms with E-state index in [1.54, 1.807) is 0 Å². The van der Waals surface area contributed by atoms with Gasteiger partial charge in [0.15, 0.2) is 5.43 Å². The van der Waals surface area contributed by atoms with Crippen molar-refractivity contribution in [2.75, 3.05) is 11.9 Å². The van der Waals surface area contributed by atoms with E-state index in [1.165, 1.54) is 25.1 Å². The molecule has 1 aromatic heterocycles. The second kappa shape index (κ2) is 6.37. The van der Waals surface area contributed by atoms with Crippen molar-refractivity contribution in [1.29, 1.82) is 0 Å². The van der Waals surface area contributed by atoms with Gasteiger partial charge in [-0.25, -0.2) is 0 Å². The van der Waals surface area contributed by atoms with E-state index in [9.17, 15) is 9.59 Å². The second-order valence-corrected chi connectivity index (χ2v) is 5.81. The summed E-state index contributed by atoms with van der Waals surface area (Å²) >= 11 is 3.39. The van der Waals surface area contributed by atoms with Gasteiger partial charge in [0.2, 0.25) is 0 Å². The van der Waals surface area contributed by atoms with Gasteiger partial charge in [0, 0.05) is 35.9 Å². The molecule has 104 valence electrons. The van der Waals surface area contributed by atoms with Gasteiger partial charge in [-0.05, 0) is 19.8 Å². The van der Waals surface area contributed by atoms with Crippen LogP contribution < -0.4 is 5.43 Å². The standard InChI is InChI=1S/C14H19BrN2O2/c1-10-8-13(18)12(9-16-10)14(19)17(7-6-15)11-4-2-3-5-11/h8-9,11H,2-7H2,1H3,(H,16,18). The number of rotatable bonds is 4. The topological polar surface area (TPSA) is 53.2 Å². The highest BCUT2D eigenvalue weighted by Gasteiger charge is 2.28. The van der Waals surface area contributed by atoms with Crippen molar-refractivity contribution in [3.63, 3.8) is 0 Å². The maximum Gasteiger partial charge on any atom is 0.259 e. The van der Waals surface area contributed by atoms with Crippen LogP contribution in [0.2, 0.25) is 0 Å². The van der Waals surface area contributed by atoms with Gasteiger partial charge in [0.25, 0.3) is 5.91 Å². The van der Waals surface area contributed by atoms with E-state index in [4.69, 9.17) is 0 Å². The Kier molecular flexibility index (Phi) is 4.80. The molecular formula is C14H19BrN2O2. The summed E-state index contributed by atoms with van der Waals surface area (Å²) in [4.78, 5) is 29.3. The number of nitrogens with one attached hydrogen (secondary N) is 1. The fourth-order valence-corrected chi connectivity index (χ4v) is 3.03. The van der Waals surface area contributed by atoms with Crippen molar-refractivity contribution in [2.45, 2.75) is 38.6 Å². The molecule has 4 nitrogen and oxygen atoms in total. The highest BCUT2D eigenvalue weighted by molar-refractivity contribution is 9.09. The number of aryl methyl sites for hydroxylation is 1. The molecule has 1 fully saturated rings. The van der Waals surface area contributed by atoms with Gasteiger partial charge < -0.3 is 9.88 Å². The minimum absolute atomic E-state index is 0.146. The molecule has 1 aliphatic rings. The molecule has 0 saturated heterocycles. The normalized spacial score (nSPS) is 15.7. The maximum absolute atomic E-state index is 12.5. The highest BCUT2D eigenvalue weighted by atomic mass is 79.9. The number of alkyl halides is 1. The smallest absolute Gasteiger partial charge is 0.259 e. The van der Waals surface area contributed by atoms with Crippen LogP contribution in [0.4, 0.5) is 0 Å². The summed E-state index contributed by atoms with van der Waals surface area (Å²) in [5.41, 5.74) is 0.826. The molecule has 0 spiro atoms. The summed E-state index contributed by atoms with van der Waals surface area (Å²) < 4.78 is 0. The van der Waals surface area contributed by atoms with Crippen molar-refractivity contribution in [3.8, 4) is 0 Å². The number of aromatic amines is 1. The molecule has 19 heavy (non-hydrogen) atoms. The van der Waals surface area contributed by atoms with E-state index in [-0.39, 0.29) is 22.9 Å². The summed E-state index contributed by atoms with van der Waals surface area (Å²) in [6, 6.07) is 1.76. The third-order valence-electron chi connectivity index (χ3n) is 3.64. The van der Waals surface area contributed by atoms with Crippen LogP contribution in [0.3, 0.4) is 0 Å². The lowest BCUT2D eigenvalue weighted by molar-refractivity contribution is 0.0694. The monoisotopic (exact) mass is 326 g/mol. The van der Waals surface area contributed by atoms with E-state index >= 15 is 0 Å². The molecule has 0 radical (unpaired) electrons. The van der Waals surface area contributed by atoms with Crippen LogP contribution in [-0.4, -0.2) is 33.7 Å². The number of nitrogens with zero attached hydrogens (tertiary/aromatic N) is 1. The predicted molar refractivity (Wildman–Crippen MR) is 78.9 cm³/mol. The van der Waals surface area contributed by atoms with Crippen LogP contribution in [0.5, 0.6) is 0 Å². The molecular weight excluding hydrogens is 308 g/mol. The van der Waals surface area contributed by atoms with Crippen LogP contribution >= 0.6 is 15.9 Å². The van der Waals surface area contributed by atoms with E-state index in [2.05, 4.69) is 20.9 Å². The Labute approximate surface area is 121 Å². The fourth-order valence-electron chi connectivity index (χ4n) is 2.65. The molecule has 1 N–H and O–H groups in total. The van der Waals surface area contributed by atoms with Crippen LogP contribution in [0.15, 0.2) is 17.1 Å². The molecule has 0 aromatic carbocycles. The maximum atomic E-state index is 12.5. The van der Waals surface area contributed by atoms with Gasteiger partial charge in [-0.2, -0.15) is 0 Å². The number of hydrogen-bond donors (Lipinski definition) is 1. The van der Waals surface area contributed by atoms with Crippen molar-refractivity contribution >= 4 is 21.8 Å². The number of halogens is 1. The first kappa shape index (κ1) is 14.3. The molecule has 1 saturated carbocycles. The number of hydrogen-bond acceptors (Lipinski definition) is 2. The molecule has 0 aliphatic heterocycles. The van der Waals surface area contributed by atoms with E-state index in [1.807, 2.05) is 11.8 Å². The van der Waals surface area contributed by atoms with Crippen molar-refractivity contribution in [1.82, 2.24) is 9.88 Å². The molecule has 5 heteroatoms. The first-order valence-corrected chi connectivity index (χ1v) is 7.82. The van der Waals surface area contributed by atoms with Gasteiger partial charge in [0.1, 0.15) is 5.56 Å². The molecule has 2 rings (SSSR count). The van der Waals surface area contributed by atoms with Gasteiger partial charge in [-0.1, -0.05) is 28.8 Å². The van der Waals surface area contributed by atoms with E-state index < -0.39 is 0 Å². The van der Waals surface area contributed by atoms with Gasteiger partial charge >= 0.3 is 0 Å². The van der Waals surface area contributed by atoms with Crippen LogP contribution in [0, 0.1) is 6.92 Å². The Bertz CT molecular complexity index is 506.